The number of ether oxygens (including phenoxy) is 1. The van der Waals surface area contributed by atoms with E-state index in [1.54, 1.807) is 0 Å². The van der Waals surface area contributed by atoms with Crippen molar-refractivity contribution in [3.63, 3.8) is 0 Å². The van der Waals surface area contributed by atoms with Gasteiger partial charge in [-0.3, -0.25) is 0 Å². The van der Waals surface area contributed by atoms with Gasteiger partial charge in [-0.1, -0.05) is 28.1 Å². The topological polar surface area (TPSA) is 45.1 Å². The zero-order valence-electron chi connectivity index (χ0n) is 9.71. The van der Waals surface area contributed by atoms with Crippen LogP contribution in [0.5, 0.6) is 0 Å². The van der Waals surface area contributed by atoms with Crippen molar-refractivity contribution in [2.24, 2.45) is 0 Å². The van der Waals surface area contributed by atoms with Crippen LogP contribution in [0.3, 0.4) is 0 Å². The lowest BCUT2D eigenvalue weighted by Crippen LogP contribution is -2.27. The van der Waals surface area contributed by atoms with Crippen LogP contribution in [0.2, 0.25) is 0 Å². The molecule has 1 aliphatic rings. The first-order valence-corrected chi connectivity index (χ1v) is 7.03. The molecule has 92 valence electrons. The molecule has 0 bridgehead atoms. The van der Waals surface area contributed by atoms with Gasteiger partial charge in [0, 0.05) is 29.4 Å². The Hall–Kier alpha value is -0.870. The lowest BCUT2D eigenvalue weighted by molar-refractivity contribution is 0.0343. The Labute approximate surface area is 110 Å². The quantitative estimate of drug-likeness (QED) is 0.660. The second-order valence-corrected chi connectivity index (χ2v) is 4.76. The summed E-state index contributed by atoms with van der Waals surface area (Å²) in [5, 5.41) is 11.6. The smallest absolute Gasteiger partial charge is 0.127 e. The van der Waals surface area contributed by atoms with Gasteiger partial charge in [0.15, 0.2) is 0 Å². The van der Waals surface area contributed by atoms with Gasteiger partial charge in [-0.2, -0.15) is 0 Å². The van der Waals surface area contributed by atoms with Gasteiger partial charge < -0.3 is 15.5 Å². The molecular weight excluding hydrogens is 280 g/mol. The lowest BCUT2D eigenvalue weighted by atomic mass is 10.1. The van der Waals surface area contributed by atoms with Gasteiger partial charge in [0.05, 0.1) is 0 Å². The van der Waals surface area contributed by atoms with E-state index in [2.05, 4.69) is 27.3 Å². The molecule has 2 rings (SSSR count). The van der Waals surface area contributed by atoms with Crippen LogP contribution in [0.1, 0.15) is 30.4 Å². The number of nitrogens with one attached hydrogen (secondary N) is 2. The molecule has 0 aliphatic carbocycles. The molecule has 1 unspecified atom stereocenters. The molecule has 0 amide bonds. The highest BCUT2D eigenvalue weighted by Gasteiger charge is 2.14. The van der Waals surface area contributed by atoms with E-state index in [9.17, 15) is 0 Å². The van der Waals surface area contributed by atoms with Crippen LogP contribution in [-0.2, 0) is 10.1 Å². The van der Waals surface area contributed by atoms with Gasteiger partial charge in [0.25, 0.3) is 0 Å². The number of benzene rings is 1. The molecule has 3 nitrogen and oxygen atoms in total. The van der Waals surface area contributed by atoms with Crippen LogP contribution in [0.15, 0.2) is 18.2 Å². The van der Waals surface area contributed by atoms with E-state index >= 15 is 0 Å². The van der Waals surface area contributed by atoms with Crippen LogP contribution >= 0.6 is 15.9 Å². The Morgan fingerprint density at radius 2 is 2.35 bits per heavy atom. The van der Waals surface area contributed by atoms with E-state index in [4.69, 9.17) is 10.1 Å². The van der Waals surface area contributed by atoms with E-state index in [1.165, 1.54) is 18.2 Å². The molecule has 0 aromatic heterocycles. The third kappa shape index (κ3) is 3.30. The number of anilines is 1. The first kappa shape index (κ1) is 12.6. The van der Waals surface area contributed by atoms with Crippen molar-refractivity contribution in [3.8, 4) is 0 Å². The third-order valence-corrected chi connectivity index (χ3v) is 3.57. The highest BCUT2D eigenvalue weighted by Crippen LogP contribution is 2.22. The van der Waals surface area contributed by atoms with Crippen LogP contribution in [0, 0.1) is 5.41 Å². The second-order valence-electron chi connectivity index (χ2n) is 4.20. The van der Waals surface area contributed by atoms with E-state index < -0.39 is 0 Å². The summed E-state index contributed by atoms with van der Waals surface area (Å²) in [4.78, 5) is 0. The van der Waals surface area contributed by atoms with Gasteiger partial charge in [-0.05, 0) is 30.9 Å². The maximum absolute atomic E-state index is 7.41. The van der Waals surface area contributed by atoms with Gasteiger partial charge in [-0.25, -0.2) is 0 Å². The number of alkyl halides is 1. The zero-order valence-corrected chi connectivity index (χ0v) is 11.3. The number of hydrogen-bond acceptors (Lipinski definition) is 3. The largest absolute Gasteiger partial charge is 0.360 e. The Bertz CT molecular complexity index is 389. The van der Waals surface area contributed by atoms with Gasteiger partial charge >= 0.3 is 0 Å². The Morgan fingerprint density at radius 3 is 3.00 bits per heavy atom. The van der Waals surface area contributed by atoms with Gasteiger partial charge in [0.2, 0.25) is 0 Å². The molecule has 4 heteroatoms. The molecule has 0 spiro atoms. The Balaban J connectivity index is 2.14. The minimum atomic E-state index is 0.0908. The standard InChI is InChI=1S/C13H17BrN2O/c14-8-10-4-5-11(9-15)12(7-10)16-13-3-1-2-6-17-13/h4-5,7,9,13,15-16H,1-3,6,8H2. The van der Waals surface area contributed by atoms with Crippen LogP contribution in [-0.4, -0.2) is 19.0 Å². The highest BCUT2D eigenvalue weighted by atomic mass is 79.9. The molecule has 1 fully saturated rings. The zero-order chi connectivity index (χ0) is 12.1. The fourth-order valence-corrected chi connectivity index (χ4v) is 2.31. The number of rotatable bonds is 4. The van der Waals surface area contributed by atoms with Crippen molar-refractivity contribution in [1.29, 1.82) is 5.41 Å². The summed E-state index contributed by atoms with van der Waals surface area (Å²) in [6.45, 7) is 0.829. The average molecular weight is 297 g/mol. The normalized spacial score (nSPS) is 19.9. The van der Waals surface area contributed by atoms with E-state index in [0.29, 0.717) is 0 Å². The van der Waals surface area contributed by atoms with Crippen molar-refractivity contribution in [3.05, 3.63) is 29.3 Å². The molecule has 1 aromatic rings. The maximum atomic E-state index is 7.41. The lowest BCUT2D eigenvalue weighted by Gasteiger charge is -2.25. The minimum Gasteiger partial charge on any atom is -0.360 e. The van der Waals surface area contributed by atoms with Crippen molar-refractivity contribution in [2.45, 2.75) is 30.8 Å². The van der Waals surface area contributed by atoms with Gasteiger partial charge in [-0.15, -0.1) is 0 Å². The molecule has 1 saturated heterocycles. The van der Waals surface area contributed by atoms with Crippen molar-refractivity contribution < 1.29 is 4.74 Å². The van der Waals surface area contributed by atoms with E-state index in [0.717, 1.165) is 36.0 Å². The minimum absolute atomic E-state index is 0.0908. The summed E-state index contributed by atoms with van der Waals surface area (Å²) in [7, 11) is 0. The second kappa shape index (κ2) is 6.17. The predicted molar refractivity (Wildman–Crippen MR) is 74.2 cm³/mol. The van der Waals surface area contributed by atoms with Crippen LogP contribution < -0.4 is 5.32 Å². The molecule has 0 radical (unpaired) electrons. The molecule has 1 aromatic carbocycles. The van der Waals surface area contributed by atoms with E-state index in [-0.39, 0.29) is 6.23 Å². The van der Waals surface area contributed by atoms with Crippen molar-refractivity contribution in [2.75, 3.05) is 11.9 Å². The van der Waals surface area contributed by atoms with Crippen LogP contribution in [0.4, 0.5) is 5.69 Å². The first-order valence-electron chi connectivity index (χ1n) is 5.91. The summed E-state index contributed by atoms with van der Waals surface area (Å²) in [6.07, 6.45) is 4.86. The molecule has 17 heavy (non-hydrogen) atoms. The summed E-state index contributed by atoms with van der Waals surface area (Å²) < 4.78 is 5.66. The SMILES string of the molecule is N=Cc1ccc(CBr)cc1NC1CCCCO1. The third-order valence-electron chi connectivity index (χ3n) is 2.92. The molecule has 2 N–H and O–H groups in total. The number of halogens is 1. The average Bonchev–Trinajstić information content (AvgIpc) is 2.40. The van der Waals surface area contributed by atoms with Crippen LogP contribution in [0.25, 0.3) is 0 Å². The maximum Gasteiger partial charge on any atom is 0.127 e. The van der Waals surface area contributed by atoms with Crippen molar-refractivity contribution in [1.82, 2.24) is 0 Å². The molecule has 1 atom stereocenters. The summed E-state index contributed by atoms with van der Waals surface area (Å²) >= 11 is 3.45. The molecule has 0 saturated carbocycles. The van der Waals surface area contributed by atoms with E-state index in [1.807, 2.05) is 12.1 Å². The monoisotopic (exact) mass is 296 g/mol. The van der Waals surface area contributed by atoms with Crippen molar-refractivity contribution >= 4 is 27.8 Å². The fraction of sp³-hybridized carbons (Fsp3) is 0.462. The summed E-state index contributed by atoms with van der Waals surface area (Å²) in [5.74, 6) is 0. The van der Waals surface area contributed by atoms with Gasteiger partial charge in [0.1, 0.15) is 6.23 Å². The highest BCUT2D eigenvalue weighted by molar-refractivity contribution is 9.08. The predicted octanol–water partition coefficient (Wildman–Crippen LogP) is 3.52. The molecule has 1 heterocycles. The molecule has 1 aliphatic heterocycles. The first-order chi connectivity index (χ1) is 8.33. The molecular formula is C13H17BrN2O. The summed E-state index contributed by atoms with van der Waals surface area (Å²) in [6, 6.07) is 6.07. The summed E-state index contributed by atoms with van der Waals surface area (Å²) in [5.41, 5.74) is 3.10. The fourth-order valence-electron chi connectivity index (χ4n) is 1.97. The Morgan fingerprint density at radius 1 is 1.47 bits per heavy atom. The number of hydrogen-bond donors (Lipinski definition) is 2. The Kier molecular flexibility index (Phi) is 4.57.